The lowest BCUT2D eigenvalue weighted by Gasteiger charge is -2.24. The Labute approximate surface area is 122 Å². The zero-order valence-corrected chi connectivity index (χ0v) is 12.3. The molecule has 1 atom stereocenters. The highest BCUT2D eigenvalue weighted by atomic mass is 32.2. The van der Waals surface area contributed by atoms with E-state index in [0.29, 0.717) is 0 Å². The van der Waals surface area contributed by atoms with Crippen LogP contribution in [-0.4, -0.2) is 26.6 Å². The van der Waals surface area contributed by atoms with Crippen LogP contribution in [0.3, 0.4) is 0 Å². The maximum atomic E-state index is 5.81. The number of rotatable bonds is 3. The SMILES string of the molecule is c1nc2c(cnn2C2CCCCO2)cc1SC1CCC1. The third-order valence-corrected chi connectivity index (χ3v) is 5.49. The summed E-state index contributed by atoms with van der Waals surface area (Å²) >= 11 is 1.96. The van der Waals surface area contributed by atoms with Crippen LogP contribution in [0.4, 0.5) is 0 Å². The van der Waals surface area contributed by atoms with Crippen LogP contribution in [0.1, 0.15) is 44.8 Å². The molecule has 1 unspecified atom stereocenters. The lowest BCUT2D eigenvalue weighted by Crippen LogP contribution is -2.19. The zero-order chi connectivity index (χ0) is 13.4. The Kier molecular flexibility index (Phi) is 3.40. The molecule has 106 valence electrons. The molecule has 20 heavy (non-hydrogen) atoms. The van der Waals surface area contributed by atoms with Gasteiger partial charge in [0.15, 0.2) is 11.9 Å². The smallest absolute Gasteiger partial charge is 0.160 e. The van der Waals surface area contributed by atoms with Crippen LogP contribution in [0, 0.1) is 0 Å². The summed E-state index contributed by atoms with van der Waals surface area (Å²) in [6.45, 7) is 0.835. The molecule has 1 saturated carbocycles. The lowest BCUT2D eigenvalue weighted by atomic mass is 10.0. The predicted octanol–water partition coefficient (Wildman–Crippen LogP) is 3.78. The molecule has 1 saturated heterocycles. The monoisotopic (exact) mass is 289 g/mol. The van der Waals surface area contributed by atoms with Gasteiger partial charge in [-0.3, -0.25) is 0 Å². The van der Waals surface area contributed by atoms with E-state index in [2.05, 4.69) is 16.1 Å². The molecule has 1 aliphatic heterocycles. The van der Waals surface area contributed by atoms with Crippen LogP contribution in [0.25, 0.3) is 11.0 Å². The largest absolute Gasteiger partial charge is 0.356 e. The Morgan fingerprint density at radius 3 is 2.85 bits per heavy atom. The molecule has 0 spiro atoms. The van der Waals surface area contributed by atoms with E-state index in [1.807, 2.05) is 28.8 Å². The average Bonchev–Trinajstić information content (AvgIpc) is 2.87. The second-order valence-corrected chi connectivity index (χ2v) is 7.04. The zero-order valence-electron chi connectivity index (χ0n) is 11.5. The Morgan fingerprint density at radius 2 is 2.10 bits per heavy atom. The molecule has 0 amide bonds. The van der Waals surface area contributed by atoms with Crippen LogP contribution in [0.2, 0.25) is 0 Å². The van der Waals surface area contributed by atoms with Crippen molar-refractivity contribution in [3.8, 4) is 0 Å². The minimum Gasteiger partial charge on any atom is -0.356 e. The fourth-order valence-corrected chi connectivity index (χ4v) is 4.06. The molecule has 3 heterocycles. The highest BCUT2D eigenvalue weighted by molar-refractivity contribution is 8.00. The Morgan fingerprint density at radius 1 is 1.15 bits per heavy atom. The molecule has 2 aliphatic rings. The summed E-state index contributed by atoms with van der Waals surface area (Å²) in [5, 5.41) is 6.42. The van der Waals surface area contributed by atoms with Crippen molar-refractivity contribution in [2.45, 2.75) is 54.9 Å². The molecule has 5 heteroatoms. The minimum absolute atomic E-state index is 0.0684. The summed E-state index contributed by atoms with van der Waals surface area (Å²) in [5.74, 6) is 0. The van der Waals surface area contributed by atoms with Gasteiger partial charge in [0.1, 0.15) is 0 Å². The standard InChI is InChI=1S/C15H19N3OS/c1-2-7-19-14(6-1)18-15-11(9-17-18)8-13(10-16-15)20-12-4-3-5-12/h8-10,12,14H,1-7H2. The Balaban J connectivity index is 1.60. The highest BCUT2D eigenvalue weighted by Crippen LogP contribution is 2.37. The molecule has 2 aromatic heterocycles. The van der Waals surface area contributed by atoms with E-state index in [-0.39, 0.29) is 6.23 Å². The molecule has 0 aromatic carbocycles. The maximum absolute atomic E-state index is 5.81. The van der Waals surface area contributed by atoms with Gasteiger partial charge >= 0.3 is 0 Å². The predicted molar refractivity (Wildman–Crippen MR) is 79.9 cm³/mol. The quantitative estimate of drug-likeness (QED) is 0.862. The summed E-state index contributed by atoms with van der Waals surface area (Å²) in [6.07, 6.45) is 11.5. The summed E-state index contributed by atoms with van der Waals surface area (Å²) in [5.41, 5.74) is 0.954. The number of hydrogen-bond donors (Lipinski definition) is 0. The van der Waals surface area contributed by atoms with Crippen molar-refractivity contribution in [2.24, 2.45) is 0 Å². The number of nitrogens with zero attached hydrogens (tertiary/aromatic N) is 3. The van der Waals surface area contributed by atoms with E-state index in [0.717, 1.165) is 35.7 Å². The molecule has 2 fully saturated rings. The highest BCUT2D eigenvalue weighted by Gasteiger charge is 2.21. The van der Waals surface area contributed by atoms with Gasteiger partial charge in [0.2, 0.25) is 0 Å². The topological polar surface area (TPSA) is 39.9 Å². The van der Waals surface area contributed by atoms with Crippen LogP contribution < -0.4 is 0 Å². The second kappa shape index (κ2) is 5.37. The molecule has 4 nitrogen and oxygen atoms in total. The number of ether oxygens (including phenoxy) is 1. The molecule has 2 aromatic rings. The van der Waals surface area contributed by atoms with Crippen molar-refractivity contribution in [1.29, 1.82) is 0 Å². The van der Waals surface area contributed by atoms with Crippen LogP contribution >= 0.6 is 11.8 Å². The molecular weight excluding hydrogens is 270 g/mol. The van der Waals surface area contributed by atoms with E-state index in [1.54, 1.807) is 0 Å². The van der Waals surface area contributed by atoms with Crippen molar-refractivity contribution >= 4 is 22.8 Å². The molecule has 0 bridgehead atoms. The third kappa shape index (κ3) is 2.33. The third-order valence-electron chi connectivity index (χ3n) is 4.19. The van der Waals surface area contributed by atoms with Crippen molar-refractivity contribution in [3.05, 3.63) is 18.5 Å². The Hall–Kier alpha value is -1.07. The van der Waals surface area contributed by atoms with Crippen molar-refractivity contribution in [3.63, 3.8) is 0 Å². The van der Waals surface area contributed by atoms with E-state index >= 15 is 0 Å². The summed E-state index contributed by atoms with van der Waals surface area (Å²) in [6, 6.07) is 2.22. The van der Waals surface area contributed by atoms with Gasteiger partial charge in [-0.25, -0.2) is 9.67 Å². The molecule has 0 N–H and O–H groups in total. The average molecular weight is 289 g/mol. The number of hydrogen-bond acceptors (Lipinski definition) is 4. The first-order valence-corrected chi connectivity index (χ1v) is 8.40. The lowest BCUT2D eigenvalue weighted by molar-refractivity contribution is -0.0370. The van der Waals surface area contributed by atoms with Gasteiger partial charge in [0.05, 0.1) is 6.20 Å². The van der Waals surface area contributed by atoms with Crippen LogP contribution in [-0.2, 0) is 4.74 Å². The molecular formula is C15H19N3OS. The minimum atomic E-state index is 0.0684. The van der Waals surface area contributed by atoms with Crippen molar-refractivity contribution in [2.75, 3.05) is 6.61 Å². The first-order valence-electron chi connectivity index (χ1n) is 7.52. The number of fused-ring (bicyclic) bond motifs is 1. The van der Waals surface area contributed by atoms with Gasteiger partial charge < -0.3 is 4.74 Å². The van der Waals surface area contributed by atoms with E-state index in [4.69, 9.17) is 4.74 Å². The fourth-order valence-electron chi connectivity index (χ4n) is 2.79. The van der Waals surface area contributed by atoms with Crippen molar-refractivity contribution < 1.29 is 4.74 Å². The van der Waals surface area contributed by atoms with Gasteiger partial charge in [-0.1, -0.05) is 6.42 Å². The van der Waals surface area contributed by atoms with Gasteiger partial charge in [0, 0.05) is 28.3 Å². The first kappa shape index (κ1) is 12.7. The number of pyridine rings is 1. The van der Waals surface area contributed by atoms with E-state index < -0.39 is 0 Å². The summed E-state index contributed by atoms with van der Waals surface area (Å²) < 4.78 is 7.76. The molecule has 1 aliphatic carbocycles. The van der Waals surface area contributed by atoms with Crippen LogP contribution in [0.5, 0.6) is 0 Å². The maximum Gasteiger partial charge on any atom is 0.160 e. The Bertz CT molecular complexity index is 602. The summed E-state index contributed by atoms with van der Waals surface area (Å²) in [7, 11) is 0. The number of thioether (sulfide) groups is 1. The summed E-state index contributed by atoms with van der Waals surface area (Å²) in [4.78, 5) is 5.90. The molecule has 0 radical (unpaired) electrons. The first-order chi connectivity index (χ1) is 9.90. The van der Waals surface area contributed by atoms with Gasteiger partial charge in [0.25, 0.3) is 0 Å². The fraction of sp³-hybridized carbons (Fsp3) is 0.600. The van der Waals surface area contributed by atoms with Crippen molar-refractivity contribution in [1.82, 2.24) is 14.8 Å². The van der Waals surface area contributed by atoms with E-state index in [1.165, 1.54) is 30.6 Å². The van der Waals surface area contributed by atoms with E-state index in [9.17, 15) is 0 Å². The van der Waals surface area contributed by atoms with Crippen LogP contribution in [0.15, 0.2) is 23.4 Å². The normalized spacial score (nSPS) is 23.9. The van der Waals surface area contributed by atoms with Gasteiger partial charge in [-0.15, -0.1) is 11.8 Å². The van der Waals surface area contributed by atoms with Gasteiger partial charge in [-0.2, -0.15) is 5.10 Å². The number of aromatic nitrogens is 3. The van der Waals surface area contributed by atoms with Gasteiger partial charge in [-0.05, 0) is 38.2 Å². The molecule has 4 rings (SSSR count). The second-order valence-electron chi connectivity index (χ2n) is 5.66.